The summed E-state index contributed by atoms with van der Waals surface area (Å²) in [7, 11) is 0. The van der Waals surface area contributed by atoms with E-state index in [1.807, 2.05) is 30.3 Å². The molecule has 0 aliphatic rings. The van der Waals surface area contributed by atoms with Gasteiger partial charge in [0.2, 0.25) is 0 Å². The summed E-state index contributed by atoms with van der Waals surface area (Å²) in [6, 6.07) is 9.62. The van der Waals surface area contributed by atoms with Crippen molar-refractivity contribution < 1.29 is 0 Å². The molecule has 0 aliphatic heterocycles. The fourth-order valence-corrected chi connectivity index (χ4v) is 1.83. The first-order valence-electron chi connectivity index (χ1n) is 6.05. The van der Waals surface area contributed by atoms with E-state index in [0.29, 0.717) is 17.0 Å². The van der Waals surface area contributed by atoms with Crippen molar-refractivity contribution in [2.75, 3.05) is 5.32 Å². The molecule has 102 valence electrons. The molecule has 0 radical (unpaired) electrons. The largest absolute Gasteiger partial charge is 0.332 e. The van der Waals surface area contributed by atoms with Gasteiger partial charge in [0.1, 0.15) is 0 Å². The summed E-state index contributed by atoms with van der Waals surface area (Å²) in [6.07, 6.45) is 3.26. The molecule has 2 aromatic rings. The first kappa shape index (κ1) is 14.0. The van der Waals surface area contributed by atoms with Gasteiger partial charge in [-0.1, -0.05) is 18.2 Å². The normalized spacial score (nSPS) is 11.3. The quantitative estimate of drug-likeness (QED) is 0.696. The molecular weight excluding hydrogens is 272 g/mol. The smallest absolute Gasteiger partial charge is 0.258 e. The predicted molar refractivity (Wildman–Crippen MR) is 85.7 cm³/mol. The Balaban J connectivity index is 2.34. The molecule has 1 heterocycles. The lowest BCUT2D eigenvalue weighted by Crippen LogP contribution is -2.18. The van der Waals surface area contributed by atoms with Crippen LogP contribution in [0.15, 0.2) is 40.3 Å². The molecule has 0 fully saturated rings. The number of hydrogen-bond donors (Lipinski definition) is 1. The maximum Gasteiger partial charge on any atom is 0.258 e. The zero-order chi connectivity index (χ0) is 14.4. The van der Waals surface area contributed by atoms with Crippen LogP contribution >= 0.6 is 12.2 Å². The van der Waals surface area contributed by atoms with Crippen LogP contribution < -0.4 is 5.32 Å². The van der Waals surface area contributed by atoms with E-state index in [2.05, 4.69) is 25.5 Å². The highest BCUT2D eigenvalue weighted by Gasteiger charge is 2.14. The van der Waals surface area contributed by atoms with E-state index >= 15 is 0 Å². The monoisotopic (exact) mass is 286 g/mol. The number of benzene rings is 1. The molecule has 0 saturated carbocycles. The van der Waals surface area contributed by atoms with Crippen molar-refractivity contribution in [1.82, 2.24) is 14.8 Å². The molecule has 0 atom stereocenters. The Morgan fingerprint density at radius 1 is 1.10 bits per heavy atom. The summed E-state index contributed by atoms with van der Waals surface area (Å²) in [6.45, 7) is 3.60. The van der Waals surface area contributed by atoms with E-state index in [0.717, 1.165) is 5.69 Å². The van der Waals surface area contributed by atoms with Gasteiger partial charge in [-0.05, 0) is 38.2 Å². The van der Waals surface area contributed by atoms with Gasteiger partial charge in [-0.2, -0.15) is 0 Å². The SMILES string of the molecule is C/C=N/c1nnc(/N=C/C)n1C(=S)Nc1ccccc1. The summed E-state index contributed by atoms with van der Waals surface area (Å²) >= 11 is 5.38. The minimum absolute atomic E-state index is 0.390. The van der Waals surface area contributed by atoms with Crippen LogP contribution in [-0.2, 0) is 0 Å². The van der Waals surface area contributed by atoms with Gasteiger partial charge in [0.15, 0.2) is 5.11 Å². The van der Waals surface area contributed by atoms with Crippen LogP contribution in [0.3, 0.4) is 0 Å². The van der Waals surface area contributed by atoms with Crippen LogP contribution in [0.5, 0.6) is 0 Å². The molecule has 0 saturated heterocycles. The summed E-state index contributed by atoms with van der Waals surface area (Å²) < 4.78 is 1.59. The Bertz CT molecular complexity index is 615. The topological polar surface area (TPSA) is 67.5 Å². The third kappa shape index (κ3) is 3.12. The second-order valence-electron chi connectivity index (χ2n) is 3.71. The number of thiocarbonyl (C=S) groups is 1. The van der Waals surface area contributed by atoms with Gasteiger partial charge in [-0.15, -0.1) is 10.2 Å². The molecule has 0 unspecified atom stereocenters. The number of aromatic nitrogens is 3. The van der Waals surface area contributed by atoms with Gasteiger partial charge < -0.3 is 5.32 Å². The van der Waals surface area contributed by atoms with E-state index in [-0.39, 0.29) is 0 Å². The van der Waals surface area contributed by atoms with Crippen molar-refractivity contribution in [3.8, 4) is 0 Å². The zero-order valence-corrected chi connectivity index (χ0v) is 12.0. The third-order valence-electron chi connectivity index (χ3n) is 2.35. The number of anilines is 1. The summed E-state index contributed by atoms with van der Waals surface area (Å²) in [5.74, 6) is 0.781. The van der Waals surface area contributed by atoms with Crippen molar-refractivity contribution in [1.29, 1.82) is 0 Å². The van der Waals surface area contributed by atoms with E-state index in [1.165, 1.54) is 0 Å². The average molecular weight is 286 g/mol. The van der Waals surface area contributed by atoms with E-state index in [4.69, 9.17) is 12.2 Å². The highest BCUT2D eigenvalue weighted by Crippen LogP contribution is 2.18. The number of hydrogen-bond acceptors (Lipinski definition) is 5. The van der Waals surface area contributed by atoms with Crippen molar-refractivity contribution in [3.63, 3.8) is 0 Å². The fraction of sp³-hybridized carbons (Fsp3) is 0.154. The molecule has 1 aromatic heterocycles. The summed E-state index contributed by atoms with van der Waals surface area (Å²) in [5, 5.41) is 11.4. The molecule has 6 nitrogen and oxygen atoms in total. The van der Waals surface area contributed by atoms with Gasteiger partial charge in [-0.3, -0.25) is 0 Å². The van der Waals surface area contributed by atoms with Gasteiger partial charge in [0.05, 0.1) is 0 Å². The lowest BCUT2D eigenvalue weighted by atomic mass is 10.3. The number of para-hydroxylation sites is 1. The molecule has 1 aromatic carbocycles. The molecule has 0 amide bonds. The maximum atomic E-state index is 5.38. The van der Waals surface area contributed by atoms with Gasteiger partial charge >= 0.3 is 0 Å². The van der Waals surface area contributed by atoms with Gasteiger partial charge in [-0.25, -0.2) is 14.6 Å². The number of rotatable bonds is 3. The number of aliphatic imine (C=N–C) groups is 2. The van der Waals surface area contributed by atoms with E-state index in [9.17, 15) is 0 Å². The fourth-order valence-electron chi connectivity index (χ4n) is 1.55. The minimum Gasteiger partial charge on any atom is -0.332 e. The Labute approximate surface area is 122 Å². The molecule has 2 rings (SSSR count). The Morgan fingerprint density at radius 3 is 2.15 bits per heavy atom. The number of nitrogens with one attached hydrogen (secondary N) is 1. The first-order chi connectivity index (χ1) is 9.76. The standard InChI is InChI=1S/C13H14N6S/c1-3-14-11-17-18-12(15-4-2)19(11)13(20)16-10-8-6-5-7-9-10/h3-9H,1-2H3,(H,16,20)/b14-3+,15-4+. The predicted octanol–water partition coefficient (Wildman–Crippen LogP) is 2.97. The van der Waals surface area contributed by atoms with E-state index < -0.39 is 0 Å². The highest BCUT2D eigenvalue weighted by molar-refractivity contribution is 7.80. The lowest BCUT2D eigenvalue weighted by Gasteiger charge is -2.09. The molecular formula is C13H14N6S. The van der Waals surface area contributed by atoms with Crippen molar-refractivity contribution in [2.45, 2.75) is 13.8 Å². The first-order valence-corrected chi connectivity index (χ1v) is 6.46. The lowest BCUT2D eigenvalue weighted by molar-refractivity contribution is 1.08. The second kappa shape index (κ2) is 6.67. The van der Waals surface area contributed by atoms with Crippen LogP contribution in [-0.4, -0.2) is 32.3 Å². The van der Waals surface area contributed by atoms with Crippen LogP contribution in [0.25, 0.3) is 0 Å². The van der Waals surface area contributed by atoms with Crippen LogP contribution in [0.1, 0.15) is 13.8 Å². The van der Waals surface area contributed by atoms with Crippen molar-refractivity contribution in [3.05, 3.63) is 30.3 Å². The van der Waals surface area contributed by atoms with Crippen LogP contribution in [0.4, 0.5) is 17.6 Å². The number of nitrogens with zero attached hydrogens (tertiary/aromatic N) is 5. The average Bonchev–Trinajstić information content (AvgIpc) is 2.84. The van der Waals surface area contributed by atoms with Gasteiger partial charge in [0.25, 0.3) is 11.9 Å². The molecule has 0 spiro atoms. The molecule has 0 aliphatic carbocycles. The van der Waals surface area contributed by atoms with Crippen LogP contribution in [0.2, 0.25) is 0 Å². The highest BCUT2D eigenvalue weighted by atomic mass is 32.1. The second-order valence-corrected chi connectivity index (χ2v) is 4.09. The summed E-state index contributed by atoms with van der Waals surface area (Å²) in [5.41, 5.74) is 0.879. The zero-order valence-electron chi connectivity index (χ0n) is 11.2. The van der Waals surface area contributed by atoms with Gasteiger partial charge in [0, 0.05) is 18.1 Å². The minimum atomic E-state index is 0.390. The summed E-state index contributed by atoms with van der Waals surface area (Å²) in [4.78, 5) is 8.27. The molecule has 7 heteroatoms. The van der Waals surface area contributed by atoms with E-state index in [1.54, 1.807) is 30.8 Å². The van der Waals surface area contributed by atoms with Crippen molar-refractivity contribution in [2.24, 2.45) is 9.98 Å². The molecule has 1 N–H and O–H groups in total. The Kier molecular flexibility index (Phi) is 4.67. The molecule has 20 heavy (non-hydrogen) atoms. The Hall–Kier alpha value is -2.41. The third-order valence-corrected chi connectivity index (χ3v) is 2.63. The van der Waals surface area contributed by atoms with Crippen molar-refractivity contribution >= 4 is 47.3 Å². The van der Waals surface area contributed by atoms with Crippen LogP contribution in [0, 0.1) is 0 Å². The molecule has 0 bridgehead atoms. The Morgan fingerprint density at radius 2 is 1.65 bits per heavy atom. The maximum absolute atomic E-state index is 5.38.